The topological polar surface area (TPSA) is 20.3 Å². The molecular weight excluding hydrogens is 310 g/mol. The van der Waals surface area contributed by atoms with E-state index in [1.54, 1.807) is 4.90 Å². The van der Waals surface area contributed by atoms with Crippen LogP contribution in [0.5, 0.6) is 0 Å². The fraction of sp³-hybridized carbons (Fsp3) is 0.278. The molecule has 3 rings (SSSR count). The van der Waals surface area contributed by atoms with Crippen LogP contribution in [0.4, 0.5) is 0 Å². The van der Waals surface area contributed by atoms with Crippen LogP contribution in [0, 0.1) is 0 Å². The zero-order chi connectivity index (χ0) is 15.4. The normalized spacial score (nSPS) is 15.0. The van der Waals surface area contributed by atoms with Gasteiger partial charge in [-0.2, -0.15) is 0 Å². The standard InChI is InChI=1S/C18H19NOS2/c1-19(13-14-5-3-2-4-6-14)17(20)15-7-9-16(10-8-15)18-21-11-12-22-18/h2-10,18H,11-13H2,1H3. The second-order valence-corrected chi connectivity index (χ2v) is 8.07. The summed E-state index contributed by atoms with van der Waals surface area (Å²) < 4.78 is 0.534. The zero-order valence-corrected chi connectivity index (χ0v) is 14.2. The number of thioether (sulfide) groups is 2. The van der Waals surface area contributed by atoms with Gasteiger partial charge in [0.2, 0.25) is 0 Å². The molecule has 1 aliphatic heterocycles. The molecule has 2 aromatic carbocycles. The summed E-state index contributed by atoms with van der Waals surface area (Å²) in [6.07, 6.45) is 0. The van der Waals surface area contributed by atoms with Gasteiger partial charge < -0.3 is 4.90 Å². The molecule has 1 fully saturated rings. The molecule has 4 heteroatoms. The van der Waals surface area contributed by atoms with Crippen LogP contribution in [0.15, 0.2) is 54.6 Å². The fourth-order valence-corrected chi connectivity index (χ4v) is 5.34. The van der Waals surface area contributed by atoms with Gasteiger partial charge >= 0.3 is 0 Å². The van der Waals surface area contributed by atoms with Crippen molar-refractivity contribution in [3.8, 4) is 0 Å². The van der Waals surface area contributed by atoms with Crippen LogP contribution in [0.3, 0.4) is 0 Å². The first-order chi connectivity index (χ1) is 10.7. The fourth-order valence-electron chi connectivity index (χ4n) is 2.48. The summed E-state index contributed by atoms with van der Waals surface area (Å²) >= 11 is 3.97. The third-order valence-electron chi connectivity index (χ3n) is 3.66. The van der Waals surface area contributed by atoms with Crippen LogP contribution in [-0.2, 0) is 6.54 Å². The number of nitrogens with zero attached hydrogens (tertiary/aromatic N) is 1. The largest absolute Gasteiger partial charge is 0.337 e. The average Bonchev–Trinajstić information content (AvgIpc) is 3.10. The molecule has 22 heavy (non-hydrogen) atoms. The minimum absolute atomic E-state index is 0.0714. The summed E-state index contributed by atoms with van der Waals surface area (Å²) in [7, 11) is 1.85. The number of benzene rings is 2. The van der Waals surface area contributed by atoms with Crippen molar-refractivity contribution in [3.63, 3.8) is 0 Å². The number of hydrogen-bond donors (Lipinski definition) is 0. The van der Waals surface area contributed by atoms with Gasteiger partial charge in [-0.15, -0.1) is 23.5 Å². The Bertz CT molecular complexity index is 621. The number of hydrogen-bond acceptors (Lipinski definition) is 3. The quantitative estimate of drug-likeness (QED) is 0.827. The summed E-state index contributed by atoms with van der Waals surface area (Å²) in [5.74, 6) is 2.51. The SMILES string of the molecule is CN(Cc1ccccc1)C(=O)c1ccc(C2SCCS2)cc1. The van der Waals surface area contributed by atoms with Gasteiger partial charge in [-0.1, -0.05) is 42.5 Å². The third-order valence-corrected chi connectivity index (χ3v) is 6.77. The van der Waals surface area contributed by atoms with Gasteiger partial charge in [0.05, 0.1) is 4.58 Å². The van der Waals surface area contributed by atoms with E-state index in [2.05, 4.69) is 12.1 Å². The summed E-state index contributed by atoms with van der Waals surface area (Å²) in [6.45, 7) is 0.635. The molecule has 0 bridgehead atoms. The van der Waals surface area contributed by atoms with E-state index >= 15 is 0 Å². The predicted molar refractivity (Wildman–Crippen MR) is 96.3 cm³/mol. The highest BCUT2D eigenvalue weighted by molar-refractivity contribution is 8.19. The van der Waals surface area contributed by atoms with Gasteiger partial charge in [0.15, 0.2) is 0 Å². The molecule has 2 aromatic rings. The molecule has 0 radical (unpaired) electrons. The van der Waals surface area contributed by atoms with Crippen LogP contribution in [0.1, 0.15) is 26.1 Å². The second kappa shape index (κ2) is 7.25. The Kier molecular flexibility index (Phi) is 5.11. The van der Waals surface area contributed by atoms with E-state index in [0.29, 0.717) is 11.1 Å². The first-order valence-electron chi connectivity index (χ1n) is 7.36. The van der Waals surface area contributed by atoms with Crippen molar-refractivity contribution in [2.45, 2.75) is 11.1 Å². The van der Waals surface area contributed by atoms with E-state index < -0.39 is 0 Å². The summed E-state index contributed by atoms with van der Waals surface area (Å²) in [4.78, 5) is 14.3. The molecule has 1 heterocycles. The smallest absolute Gasteiger partial charge is 0.253 e. The molecule has 1 amide bonds. The van der Waals surface area contributed by atoms with Crippen molar-refractivity contribution < 1.29 is 4.79 Å². The highest BCUT2D eigenvalue weighted by Crippen LogP contribution is 2.45. The van der Waals surface area contributed by atoms with Crippen molar-refractivity contribution in [3.05, 3.63) is 71.3 Å². The number of rotatable bonds is 4. The Labute approximate surface area is 140 Å². The predicted octanol–water partition coefficient (Wildman–Crippen LogP) is 4.44. The van der Waals surface area contributed by atoms with E-state index in [-0.39, 0.29) is 5.91 Å². The minimum Gasteiger partial charge on any atom is -0.337 e. The van der Waals surface area contributed by atoms with Crippen molar-refractivity contribution in [1.29, 1.82) is 0 Å². The Morgan fingerprint density at radius 2 is 1.68 bits per heavy atom. The Morgan fingerprint density at radius 3 is 2.32 bits per heavy atom. The van der Waals surface area contributed by atoms with Crippen molar-refractivity contribution in [2.75, 3.05) is 18.6 Å². The zero-order valence-electron chi connectivity index (χ0n) is 12.6. The third kappa shape index (κ3) is 3.68. The van der Waals surface area contributed by atoms with E-state index in [9.17, 15) is 4.79 Å². The lowest BCUT2D eigenvalue weighted by Gasteiger charge is -2.18. The van der Waals surface area contributed by atoms with Gasteiger partial charge in [-0.3, -0.25) is 4.79 Å². The maximum absolute atomic E-state index is 12.5. The van der Waals surface area contributed by atoms with Crippen LogP contribution >= 0.6 is 23.5 Å². The molecule has 0 saturated carbocycles. The summed E-state index contributed by atoms with van der Waals surface area (Å²) in [6, 6.07) is 18.2. The van der Waals surface area contributed by atoms with Crippen LogP contribution in [0.25, 0.3) is 0 Å². The first-order valence-corrected chi connectivity index (χ1v) is 9.46. The van der Waals surface area contributed by atoms with Crippen molar-refractivity contribution >= 4 is 29.4 Å². The van der Waals surface area contributed by atoms with Crippen LogP contribution in [0.2, 0.25) is 0 Å². The van der Waals surface area contributed by atoms with Gasteiger partial charge in [-0.25, -0.2) is 0 Å². The van der Waals surface area contributed by atoms with Crippen molar-refractivity contribution in [2.24, 2.45) is 0 Å². The number of carbonyl (C=O) groups excluding carboxylic acids is 1. The lowest BCUT2D eigenvalue weighted by Crippen LogP contribution is -2.26. The maximum Gasteiger partial charge on any atom is 0.253 e. The average molecular weight is 329 g/mol. The summed E-state index contributed by atoms with van der Waals surface area (Å²) in [5, 5.41) is 0. The molecule has 0 spiro atoms. The molecule has 0 aromatic heterocycles. The monoisotopic (exact) mass is 329 g/mol. The Hall–Kier alpha value is -1.39. The van der Waals surface area contributed by atoms with Gasteiger partial charge in [-0.05, 0) is 23.3 Å². The maximum atomic E-state index is 12.5. The van der Waals surface area contributed by atoms with Gasteiger partial charge in [0.25, 0.3) is 5.91 Å². The molecule has 1 aliphatic rings. The Balaban J connectivity index is 1.66. The molecule has 0 N–H and O–H groups in total. The van der Waals surface area contributed by atoms with Crippen molar-refractivity contribution in [1.82, 2.24) is 4.90 Å². The number of amides is 1. The molecular formula is C18H19NOS2. The van der Waals surface area contributed by atoms with E-state index in [1.807, 2.05) is 73.0 Å². The lowest BCUT2D eigenvalue weighted by molar-refractivity contribution is 0.0785. The van der Waals surface area contributed by atoms with Crippen LogP contribution < -0.4 is 0 Å². The van der Waals surface area contributed by atoms with E-state index in [4.69, 9.17) is 0 Å². The van der Waals surface area contributed by atoms with E-state index in [0.717, 1.165) is 11.1 Å². The van der Waals surface area contributed by atoms with E-state index in [1.165, 1.54) is 17.1 Å². The van der Waals surface area contributed by atoms with Gasteiger partial charge in [0.1, 0.15) is 0 Å². The second-order valence-electron chi connectivity index (χ2n) is 5.34. The molecule has 2 nitrogen and oxygen atoms in total. The lowest BCUT2D eigenvalue weighted by atomic mass is 10.1. The Morgan fingerprint density at radius 1 is 1.05 bits per heavy atom. The molecule has 114 valence electrons. The minimum atomic E-state index is 0.0714. The molecule has 0 aliphatic carbocycles. The van der Waals surface area contributed by atoms with Gasteiger partial charge in [0, 0.05) is 30.7 Å². The highest BCUT2D eigenvalue weighted by atomic mass is 32.2. The van der Waals surface area contributed by atoms with Crippen LogP contribution in [-0.4, -0.2) is 29.4 Å². The molecule has 0 atom stereocenters. The number of carbonyl (C=O) groups is 1. The highest BCUT2D eigenvalue weighted by Gasteiger charge is 2.19. The molecule has 1 saturated heterocycles. The molecule has 0 unspecified atom stereocenters. The summed E-state index contributed by atoms with van der Waals surface area (Å²) in [5.41, 5.74) is 3.22. The first kappa shape index (κ1) is 15.5.